The van der Waals surface area contributed by atoms with Gasteiger partial charge in [0.1, 0.15) is 16.9 Å². The highest BCUT2D eigenvalue weighted by Gasteiger charge is 2.14. The minimum atomic E-state index is -0.417. The number of hydrogen-bond donors (Lipinski definition) is 1. The molecule has 23 heavy (non-hydrogen) atoms. The zero-order valence-corrected chi connectivity index (χ0v) is 13.1. The fourth-order valence-electron chi connectivity index (χ4n) is 2.25. The van der Waals surface area contributed by atoms with Gasteiger partial charge in [-0.05, 0) is 35.9 Å². The van der Waals surface area contributed by atoms with Crippen LogP contribution in [0.3, 0.4) is 0 Å². The van der Waals surface area contributed by atoms with E-state index in [4.69, 9.17) is 4.74 Å². The molecule has 0 aliphatic carbocycles. The first kappa shape index (κ1) is 15.5. The number of carbonyl (C=O) groups excluding carboxylic acids is 1. The highest BCUT2D eigenvalue weighted by atomic mass is 32.1. The predicted octanol–water partition coefficient (Wildman–Crippen LogP) is 2.95. The first-order valence-corrected chi connectivity index (χ1v) is 7.69. The van der Waals surface area contributed by atoms with Crippen molar-refractivity contribution < 1.29 is 13.9 Å². The van der Waals surface area contributed by atoms with Crippen LogP contribution in [-0.4, -0.2) is 28.3 Å². The molecule has 0 bridgehead atoms. The second-order valence-corrected chi connectivity index (χ2v) is 5.49. The number of nitrogens with zero attached hydrogens (tertiary/aromatic N) is 2. The van der Waals surface area contributed by atoms with Crippen LogP contribution in [0.25, 0.3) is 11.0 Å². The largest absolute Gasteiger partial charge is 0.375 e. The van der Waals surface area contributed by atoms with E-state index in [9.17, 15) is 9.18 Å². The van der Waals surface area contributed by atoms with E-state index in [1.807, 2.05) is 0 Å². The molecule has 0 saturated heterocycles. The Morgan fingerprint density at radius 2 is 2.09 bits per heavy atom. The molecule has 1 aromatic heterocycles. The summed E-state index contributed by atoms with van der Waals surface area (Å²) in [5, 5.41) is 2.79. The van der Waals surface area contributed by atoms with Gasteiger partial charge in [-0.3, -0.25) is 4.79 Å². The van der Waals surface area contributed by atoms with Gasteiger partial charge < -0.3 is 10.1 Å². The number of fused-ring (bicyclic) bond motifs is 1. The summed E-state index contributed by atoms with van der Waals surface area (Å²) in [5.74, 6) is -0.573. The van der Waals surface area contributed by atoms with E-state index in [0.29, 0.717) is 16.6 Å². The van der Waals surface area contributed by atoms with E-state index in [1.54, 1.807) is 30.3 Å². The minimum Gasteiger partial charge on any atom is -0.375 e. The van der Waals surface area contributed by atoms with Crippen LogP contribution in [0.15, 0.2) is 42.5 Å². The normalized spacial score (nSPS) is 12.3. The van der Waals surface area contributed by atoms with Gasteiger partial charge in [0.15, 0.2) is 0 Å². The van der Waals surface area contributed by atoms with Gasteiger partial charge in [0.25, 0.3) is 5.91 Å². The van der Waals surface area contributed by atoms with E-state index in [-0.39, 0.29) is 18.3 Å². The first-order chi connectivity index (χ1) is 11.2. The van der Waals surface area contributed by atoms with Crippen LogP contribution in [0.4, 0.5) is 4.39 Å². The minimum absolute atomic E-state index is 0.238. The molecule has 1 atom stereocenters. The molecular weight excluding hydrogens is 317 g/mol. The number of hydrogen-bond acceptors (Lipinski definition) is 5. The number of nitrogens with one attached hydrogen (secondary N) is 1. The van der Waals surface area contributed by atoms with Crippen LogP contribution < -0.4 is 5.32 Å². The summed E-state index contributed by atoms with van der Waals surface area (Å²) in [6.45, 7) is 0.242. The zero-order valence-electron chi connectivity index (χ0n) is 12.3. The number of aromatic nitrogens is 2. The van der Waals surface area contributed by atoms with Crippen LogP contribution in [0, 0.1) is 5.82 Å². The number of benzene rings is 2. The summed E-state index contributed by atoms with van der Waals surface area (Å²) in [6.07, 6.45) is -0.417. The van der Waals surface area contributed by atoms with Gasteiger partial charge in [-0.1, -0.05) is 12.1 Å². The lowest BCUT2D eigenvalue weighted by atomic mass is 10.1. The topological polar surface area (TPSA) is 64.1 Å². The molecular formula is C16H14FN3O2S. The van der Waals surface area contributed by atoms with Gasteiger partial charge in [-0.15, -0.1) is 0 Å². The van der Waals surface area contributed by atoms with Crippen LogP contribution in [-0.2, 0) is 4.74 Å². The second kappa shape index (κ2) is 6.80. The molecule has 1 heterocycles. The monoisotopic (exact) mass is 331 g/mol. The molecule has 0 aliphatic rings. The fourth-order valence-corrected chi connectivity index (χ4v) is 2.77. The Morgan fingerprint density at radius 3 is 2.87 bits per heavy atom. The SMILES string of the molecule is COC(CNC(=O)c1ccc2nsnc2c1)c1cccc(F)c1. The summed E-state index contributed by atoms with van der Waals surface area (Å²) in [4.78, 5) is 12.2. The third-order valence-electron chi connectivity index (χ3n) is 3.47. The van der Waals surface area contributed by atoms with Crippen molar-refractivity contribution in [3.8, 4) is 0 Å². The summed E-state index contributed by atoms with van der Waals surface area (Å²) < 4.78 is 26.8. The van der Waals surface area contributed by atoms with Crippen LogP contribution >= 0.6 is 11.7 Å². The number of carbonyl (C=O) groups is 1. The molecule has 5 nitrogen and oxygen atoms in total. The lowest BCUT2D eigenvalue weighted by Gasteiger charge is -2.16. The molecule has 2 aromatic carbocycles. The van der Waals surface area contributed by atoms with Gasteiger partial charge >= 0.3 is 0 Å². The predicted molar refractivity (Wildman–Crippen MR) is 85.9 cm³/mol. The molecule has 0 spiro atoms. The summed E-state index contributed by atoms with van der Waals surface area (Å²) in [7, 11) is 1.52. The van der Waals surface area contributed by atoms with E-state index in [2.05, 4.69) is 14.1 Å². The van der Waals surface area contributed by atoms with E-state index in [1.165, 1.54) is 19.2 Å². The van der Waals surface area contributed by atoms with Crippen molar-refractivity contribution in [1.82, 2.24) is 14.1 Å². The maximum absolute atomic E-state index is 13.3. The summed E-state index contributed by atoms with van der Waals surface area (Å²) in [5.41, 5.74) is 2.63. The Bertz CT molecular complexity index is 837. The molecule has 118 valence electrons. The molecule has 1 amide bonds. The number of amides is 1. The van der Waals surface area contributed by atoms with E-state index >= 15 is 0 Å². The highest BCUT2D eigenvalue weighted by molar-refractivity contribution is 7.00. The number of ether oxygens (including phenoxy) is 1. The van der Waals surface area contributed by atoms with Crippen LogP contribution in [0.1, 0.15) is 22.0 Å². The smallest absolute Gasteiger partial charge is 0.251 e. The Morgan fingerprint density at radius 1 is 1.26 bits per heavy atom. The van der Waals surface area contributed by atoms with Gasteiger partial charge in [0.2, 0.25) is 0 Å². The lowest BCUT2D eigenvalue weighted by molar-refractivity contribution is 0.0827. The first-order valence-electron chi connectivity index (χ1n) is 6.96. The fraction of sp³-hybridized carbons (Fsp3) is 0.188. The molecule has 7 heteroatoms. The molecule has 0 saturated carbocycles. The molecule has 1 unspecified atom stereocenters. The van der Waals surface area contributed by atoms with Crippen LogP contribution in [0.5, 0.6) is 0 Å². The van der Waals surface area contributed by atoms with Crippen molar-refractivity contribution in [3.05, 3.63) is 59.4 Å². The Hall–Kier alpha value is -2.38. The van der Waals surface area contributed by atoms with Crippen molar-refractivity contribution in [2.24, 2.45) is 0 Å². The van der Waals surface area contributed by atoms with Crippen LogP contribution in [0.2, 0.25) is 0 Å². The average Bonchev–Trinajstić information content (AvgIpc) is 3.03. The lowest BCUT2D eigenvalue weighted by Crippen LogP contribution is -2.29. The zero-order chi connectivity index (χ0) is 16.2. The average molecular weight is 331 g/mol. The third kappa shape index (κ3) is 3.52. The van der Waals surface area contributed by atoms with Gasteiger partial charge in [-0.25, -0.2) is 4.39 Å². The standard InChI is InChI=1S/C16H14FN3O2S/c1-22-15(10-3-2-4-12(17)7-10)9-18-16(21)11-5-6-13-14(8-11)20-23-19-13/h2-8,15H,9H2,1H3,(H,18,21). The van der Waals surface area contributed by atoms with E-state index < -0.39 is 6.10 Å². The molecule has 3 rings (SSSR count). The van der Waals surface area contributed by atoms with Crippen molar-refractivity contribution >= 4 is 28.7 Å². The van der Waals surface area contributed by atoms with Gasteiger partial charge in [-0.2, -0.15) is 8.75 Å². The summed E-state index contributed by atoms with van der Waals surface area (Å²) >= 11 is 1.11. The van der Waals surface area contributed by atoms with E-state index in [0.717, 1.165) is 17.2 Å². The molecule has 0 radical (unpaired) electrons. The molecule has 1 N–H and O–H groups in total. The molecule has 0 fully saturated rings. The van der Waals surface area contributed by atoms with Crippen molar-refractivity contribution in [2.45, 2.75) is 6.10 Å². The molecule has 3 aromatic rings. The maximum atomic E-state index is 13.3. The Labute approximate surface area is 136 Å². The Kier molecular flexibility index (Phi) is 4.59. The number of halogens is 1. The molecule has 0 aliphatic heterocycles. The second-order valence-electron chi connectivity index (χ2n) is 4.96. The van der Waals surface area contributed by atoms with Crippen molar-refractivity contribution in [1.29, 1.82) is 0 Å². The van der Waals surface area contributed by atoms with Gasteiger partial charge in [0.05, 0.1) is 17.8 Å². The Balaban J connectivity index is 1.69. The van der Waals surface area contributed by atoms with Gasteiger partial charge in [0, 0.05) is 19.2 Å². The van der Waals surface area contributed by atoms with Crippen molar-refractivity contribution in [3.63, 3.8) is 0 Å². The summed E-state index contributed by atoms with van der Waals surface area (Å²) in [6, 6.07) is 11.3. The number of methoxy groups -OCH3 is 1. The quantitative estimate of drug-likeness (QED) is 0.781. The highest BCUT2D eigenvalue weighted by Crippen LogP contribution is 2.17. The van der Waals surface area contributed by atoms with Crippen molar-refractivity contribution in [2.75, 3.05) is 13.7 Å². The third-order valence-corrected chi connectivity index (χ3v) is 4.03. The number of rotatable bonds is 5. The maximum Gasteiger partial charge on any atom is 0.251 e.